The fourth-order valence-corrected chi connectivity index (χ4v) is 4.85. The number of benzene rings is 3. The Labute approximate surface area is 245 Å². The molecular weight excluding hydrogens is 572 g/mol. The second-order valence-corrected chi connectivity index (χ2v) is 10.4. The maximum Gasteiger partial charge on any atom is 0.416 e. The van der Waals surface area contributed by atoms with Gasteiger partial charge in [0.15, 0.2) is 0 Å². The number of aromatic amines is 1. The summed E-state index contributed by atoms with van der Waals surface area (Å²) in [4.78, 5) is 32.8. The summed E-state index contributed by atoms with van der Waals surface area (Å²) in [5.41, 5.74) is -0.192. The fraction of sp³-hybridized carbons (Fsp3) is 0.312. The zero-order valence-electron chi connectivity index (χ0n) is 23.6. The summed E-state index contributed by atoms with van der Waals surface area (Å²) in [6.45, 7) is 3.55. The van der Waals surface area contributed by atoms with Crippen molar-refractivity contribution in [2.24, 2.45) is 0 Å². The van der Waals surface area contributed by atoms with Crippen molar-refractivity contribution in [3.05, 3.63) is 106 Å². The molecule has 0 atom stereocenters. The van der Waals surface area contributed by atoms with Gasteiger partial charge in [-0.25, -0.2) is 0 Å². The second-order valence-electron chi connectivity index (χ2n) is 10.4. The number of nitrogens with one attached hydrogen (secondary N) is 1. The number of carbonyl (C=O) groups is 2. The van der Waals surface area contributed by atoms with Crippen LogP contribution in [0.25, 0.3) is 10.9 Å². The number of fused-ring (bicyclic) bond motifs is 1. The highest BCUT2D eigenvalue weighted by atomic mass is 19.4. The van der Waals surface area contributed by atoms with Crippen LogP contribution in [0.5, 0.6) is 0 Å². The number of carbonyl (C=O) groups excluding carboxylic acids is 2. The average molecular weight is 604 g/mol. The molecule has 11 heteroatoms. The highest BCUT2D eigenvalue weighted by Crippen LogP contribution is 2.36. The molecule has 5 nitrogen and oxygen atoms in total. The van der Waals surface area contributed by atoms with Crippen molar-refractivity contribution in [1.82, 2.24) is 14.8 Å². The Bertz CT molecular complexity index is 1540. The van der Waals surface area contributed by atoms with E-state index < -0.39 is 47.4 Å². The van der Waals surface area contributed by atoms with Gasteiger partial charge in [0.25, 0.3) is 5.91 Å². The predicted octanol–water partition coefficient (Wildman–Crippen LogP) is 7.64. The molecule has 228 valence electrons. The molecule has 0 aliphatic rings. The van der Waals surface area contributed by atoms with E-state index in [4.69, 9.17) is 0 Å². The van der Waals surface area contributed by atoms with E-state index in [-0.39, 0.29) is 25.7 Å². The van der Waals surface area contributed by atoms with Gasteiger partial charge in [0.1, 0.15) is 6.54 Å². The maximum absolute atomic E-state index is 13.7. The Morgan fingerprint density at radius 3 is 2.05 bits per heavy atom. The highest BCUT2D eigenvalue weighted by molar-refractivity contribution is 5.97. The molecule has 1 heterocycles. The molecule has 0 spiro atoms. The van der Waals surface area contributed by atoms with E-state index in [1.807, 2.05) is 61.7 Å². The second kappa shape index (κ2) is 12.9. The third-order valence-electron chi connectivity index (χ3n) is 7.11. The van der Waals surface area contributed by atoms with E-state index in [1.165, 1.54) is 0 Å². The first-order valence-electron chi connectivity index (χ1n) is 13.7. The number of alkyl halides is 6. The van der Waals surface area contributed by atoms with Crippen LogP contribution in [0.2, 0.25) is 0 Å². The number of hydrogen-bond donors (Lipinski definition) is 1. The summed E-state index contributed by atoms with van der Waals surface area (Å²) < 4.78 is 80.6. The zero-order chi connectivity index (χ0) is 31.4. The van der Waals surface area contributed by atoms with Crippen LogP contribution in [-0.4, -0.2) is 46.2 Å². The van der Waals surface area contributed by atoms with Crippen LogP contribution >= 0.6 is 0 Å². The minimum atomic E-state index is -5.10. The van der Waals surface area contributed by atoms with E-state index in [0.717, 1.165) is 32.5 Å². The first kappa shape index (κ1) is 31.7. The summed E-state index contributed by atoms with van der Waals surface area (Å²) >= 11 is 0. The zero-order valence-corrected chi connectivity index (χ0v) is 23.6. The molecule has 0 bridgehead atoms. The molecule has 0 saturated carbocycles. The number of hydrogen-bond acceptors (Lipinski definition) is 2. The molecule has 0 unspecified atom stereocenters. The van der Waals surface area contributed by atoms with Gasteiger partial charge in [-0.05, 0) is 55.2 Å². The van der Waals surface area contributed by atoms with E-state index in [2.05, 4.69) is 4.98 Å². The normalized spacial score (nSPS) is 12.0. The van der Waals surface area contributed by atoms with Crippen molar-refractivity contribution in [1.29, 1.82) is 0 Å². The third kappa shape index (κ3) is 7.97. The fourth-order valence-electron chi connectivity index (χ4n) is 4.85. The number of aryl methyl sites for hydroxylation is 1. The third-order valence-corrected chi connectivity index (χ3v) is 7.11. The molecule has 0 radical (unpaired) electrons. The molecule has 1 N–H and O–H groups in total. The van der Waals surface area contributed by atoms with Crippen LogP contribution in [0.1, 0.15) is 51.5 Å². The van der Waals surface area contributed by atoms with Gasteiger partial charge >= 0.3 is 12.4 Å². The minimum absolute atomic E-state index is 0.0277. The van der Waals surface area contributed by atoms with Gasteiger partial charge in [-0.1, -0.05) is 55.0 Å². The minimum Gasteiger partial charge on any atom is -0.361 e. The number of halogens is 6. The Morgan fingerprint density at radius 1 is 0.814 bits per heavy atom. The average Bonchev–Trinajstić information content (AvgIpc) is 3.37. The van der Waals surface area contributed by atoms with Crippen LogP contribution in [0, 0.1) is 6.92 Å². The summed E-state index contributed by atoms with van der Waals surface area (Å²) in [6.07, 6.45) is -7.54. The lowest BCUT2D eigenvalue weighted by Crippen LogP contribution is -2.43. The smallest absolute Gasteiger partial charge is 0.361 e. The lowest BCUT2D eigenvalue weighted by atomic mass is 10.0. The van der Waals surface area contributed by atoms with Crippen molar-refractivity contribution in [2.75, 3.05) is 19.6 Å². The standard InChI is InChI=1S/C32H31F6N3O2/c1-3-13-41(30(43)24-15-25(31(33,34)35)17-26(16-24)32(36,37)38)20-29(42)40(19-22-10-8-21(2)9-11-22)14-12-23-18-39-28-7-5-4-6-27(23)28/h4-11,15-18,39H,3,12-14,19-20H2,1-2H3. The van der Waals surface area contributed by atoms with Crippen LogP contribution in [0.4, 0.5) is 26.3 Å². The van der Waals surface area contributed by atoms with Gasteiger partial charge in [-0.3, -0.25) is 9.59 Å². The number of H-pyrrole nitrogens is 1. The van der Waals surface area contributed by atoms with Crippen LogP contribution < -0.4 is 0 Å². The van der Waals surface area contributed by atoms with Crippen molar-refractivity contribution >= 4 is 22.7 Å². The Hall–Kier alpha value is -4.28. The number of rotatable bonds is 10. The number of nitrogens with zero attached hydrogens (tertiary/aromatic N) is 2. The number of para-hydroxylation sites is 1. The monoisotopic (exact) mass is 603 g/mol. The lowest BCUT2D eigenvalue weighted by molar-refractivity contribution is -0.143. The van der Waals surface area contributed by atoms with Gasteiger partial charge in [0.05, 0.1) is 11.1 Å². The van der Waals surface area contributed by atoms with Crippen LogP contribution in [-0.2, 0) is 30.1 Å². The van der Waals surface area contributed by atoms with E-state index >= 15 is 0 Å². The first-order chi connectivity index (χ1) is 20.3. The Balaban J connectivity index is 1.61. The van der Waals surface area contributed by atoms with Crippen LogP contribution in [0.3, 0.4) is 0 Å². The van der Waals surface area contributed by atoms with Gasteiger partial charge in [0, 0.05) is 42.3 Å². The summed E-state index contributed by atoms with van der Waals surface area (Å²) in [5.74, 6) is -1.57. The highest BCUT2D eigenvalue weighted by Gasteiger charge is 2.38. The van der Waals surface area contributed by atoms with Crippen LogP contribution in [0.15, 0.2) is 72.9 Å². The molecule has 0 aliphatic heterocycles. The molecule has 0 aliphatic carbocycles. The van der Waals surface area contributed by atoms with Crippen molar-refractivity contribution in [3.63, 3.8) is 0 Å². The summed E-state index contributed by atoms with van der Waals surface area (Å²) in [5, 5.41) is 0.998. The molecule has 0 saturated heterocycles. The molecule has 0 fully saturated rings. The number of amides is 2. The molecule has 2 amide bonds. The topological polar surface area (TPSA) is 56.4 Å². The quantitative estimate of drug-likeness (QED) is 0.190. The van der Waals surface area contributed by atoms with Crippen molar-refractivity contribution < 1.29 is 35.9 Å². The molecule has 4 rings (SSSR count). The molecule has 1 aromatic heterocycles. The predicted molar refractivity (Wildman–Crippen MR) is 151 cm³/mol. The number of aromatic nitrogens is 1. The van der Waals surface area contributed by atoms with E-state index in [9.17, 15) is 35.9 Å². The molecular formula is C32H31F6N3O2. The molecule has 4 aromatic rings. The first-order valence-corrected chi connectivity index (χ1v) is 13.7. The Morgan fingerprint density at radius 2 is 1.44 bits per heavy atom. The largest absolute Gasteiger partial charge is 0.416 e. The van der Waals surface area contributed by atoms with Gasteiger partial charge in [-0.15, -0.1) is 0 Å². The van der Waals surface area contributed by atoms with Gasteiger partial charge in [-0.2, -0.15) is 26.3 Å². The van der Waals surface area contributed by atoms with E-state index in [1.54, 1.807) is 11.8 Å². The Kier molecular flexibility index (Phi) is 9.52. The van der Waals surface area contributed by atoms with Gasteiger partial charge < -0.3 is 14.8 Å². The SMILES string of the molecule is CCCN(CC(=O)N(CCc1c[nH]c2ccccc12)Cc1ccc(C)cc1)C(=O)c1cc(C(F)(F)F)cc(C(F)(F)F)c1. The van der Waals surface area contributed by atoms with E-state index in [0.29, 0.717) is 25.0 Å². The summed E-state index contributed by atoms with van der Waals surface area (Å²) in [7, 11) is 0. The molecule has 3 aromatic carbocycles. The molecule has 43 heavy (non-hydrogen) atoms. The maximum atomic E-state index is 13.7. The van der Waals surface area contributed by atoms with Crippen molar-refractivity contribution in [3.8, 4) is 0 Å². The summed E-state index contributed by atoms with van der Waals surface area (Å²) in [6, 6.07) is 16.0. The lowest BCUT2D eigenvalue weighted by Gasteiger charge is -2.28. The van der Waals surface area contributed by atoms with Crippen molar-refractivity contribution in [2.45, 2.75) is 45.6 Å². The van der Waals surface area contributed by atoms with Gasteiger partial charge in [0.2, 0.25) is 5.91 Å².